The Labute approximate surface area is 183 Å². The van der Waals surface area contributed by atoms with Gasteiger partial charge in [-0.25, -0.2) is 13.1 Å². The van der Waals surface area contributed by atoms with Crippen molar-refractivity contribution in [3.63, 3.8) is 0 Å². The summed E-state index contributed by atoms with van der Waals surface area (Å²) in [4.78, 5) is 24.4. The van der Waals surface area contributed by atoms with Crippen LogP contribution in [0.5, 0.6) is 0 Å². The molecule has 0 fully saturated rings. The molecule has 0 heterocycles. The van der Waals surface area contributed by atoms with Crippen molar-refractivity contribution in [1.29, 1.82) is 0 Å². The zero-order valence-corrected chi connectivity index (χ0v) is 17.8. The largest absolute Gasteiger partial charge is 0.322 e. The Balaban J connectivity index is 1.72. The van der Waals surface area contributed by atoms with Gasteiger partial charge in [0.05, 0.1) is 21.9 Å². The fourth-order valence-electron chi connectivity index (χ4n) is 2.62. The Hall–Kier alpha value is -2.87. The monoisotopic (exact) mass is 462 g/mol. The fraction of sp³-hybridized carbons (Fsp3) is 0.0476. The first-order chi connectivity index (χ1) is 14.2. The molecule has 2 N–H and O–H groups in total. The highest BCUT2D eigenvalue weighted by atomic mass is 35.5. The number of amides is 2. The van der Waals surface area contributed by atoms with Crippen LogP contribution in [0.2, 0.25) is 10.0 Å². The van der Waals surface area contributed by atoms with Crippen molar-refractivity contribution >= 4 is 50.7 Å². The third-order valence-electron chi connectivity index (χ3n) is 4.05. The van der Waals surface area contributed by atoms with Crippen LogP contribution in [0, 0.1) is 0 Å². The zero-order valence-electron chi connectivity index (χ0n) is 15.4. The topological polar surface area (TPSA) is 92.3 Å². The van der Waals surface area contributed by atoms with Crippen LogP contribution in [0.3, 0.4) is 0 Å². The van der Waals surface area contributed by atoms with Crippen molar-refractivity contribution in [1.82, 2.24) is 4.72 Å². The molecule has 0 bridgehead atoms. The number of benzene rings is 3. The summed E-state index contributed by atoms with van der Waals surface area (Å²) in [6.45, 7) is 0. The Morgan fingerprint density at radius 1 is 0.867 bits per heavy atom. The van der Waals surface area contributed by atoms with E-state index < -0.39 is 21.8 Å². The maximum absolute atomic E-state index is 12.6. The van der Waals surface area contributed by atoms with E-state index in [1.807, 2.05) is 4.72 Å². The molecule has 3 aromatic rings. The molecule has 0 saturated carbocycles. The lowest BCUT2D eigenvalue weighted by Gasteiger charge is -2.10. The van der Waals surface area contributed by atoms with Crippen molar-refractivity contribution in [2.75, 3.05) is 5.32 Å². The lowest BCUT2D eigenvalue weighted by molar-refractivity contribution is -0.118. The van der Waals surface area contributed by atoms with Gasteiger partial charge in [-0.1, -0.05) is 53.5 Å². The maximum atomic E-state index is 12.6. The summed E-state index contributed by atoms with van der Waals surface area (Å²) < 4.78 is 27.1. The molecule has 3 aromatic carbocycles. The smallest absolute Gasteiger partial charge is 0.264 e. The molecule has 9 heteroatoms. The van der Waals surface area contributed by atoms with Gasteiger partial charge in [-0.05, 0) is 48.0 Å². The standard InChI is InChI=1S/C21H16Cl2N2O4S/c22-15-10-8-14(9-11-15)12-20(26)25-30(28,29)17-5-3-4-16(13-17)24-21(27)18-6-1-2-7-19(18)23/h1-11,13H,12H2,(H,24,27)(H,25,26). The van der Waals surface area contributed by atoms with Crippen molar-refractivity contribution in [2.45, 2.75) is 11.3 Å². The second kappa shape index (κ2) is 9.30. The molecule has 3 rings (SSSR count). The van der Waals surface area contributed by atoms with Crippen molar-refractivity contribution in [3.8, 4) is 0 Å². The summed E-state index contributed by atoms with van der Waals surface area (Å²) >= 11 is 11.8. The molecule has 0 saturated heterocycles. The Morgan fingerprint density at radius 3 is 2.27 bits per heavy atom. The van der Waals surface area contributed by atoms with Crippen molar-refractivity contribution in [3.05, 3.63) is 94.0 Å². The van der Waals surface area contributed by atoms with Crippen LogP contribution in [-0.4, -0.2) is 20.2 Å². The second-order valence-electron chi connectivity index (χ2n) is 6.29. The number of hydrogen-bond donors (Lipinski definition) is 2. The van der Waals surface area contributed by atoms with Gasteiger partial charge in [-0.3, -0.25) is 9.59 Å². The molecule has 0 aliphatic heterocycles. The normalized spacial score (nSPS) is 11.0. The van der Waals surface area contributed by atoms with Gasteiger partial charge in [-0.2, -0.15) is 0 Å². The Bertz CT molecular complexity index is 1200. The number of sulfonamides is 1. The predicted octanol–water partition coefficient (Wildman–Crippen LogP) is 4.29. The van der Waals surface area contributed by atoms with Gasteiger partial charge in [-0.15, -0.1) is 0 Å². The molecule has 30 heavy (non-hydrogen) atoms. The number of carbonyl (C=O) groups is 2. The number of rotatable bonds is 6. The number of nitrogens with one attached hydrogen (secondary N) is 2. The number of halogens is 2. The van der Waals surface area contributed by atoms with E-state index >= 15 is 0 Å². The first-order valence-corrected chi connectivity index (χ1v) is 10.9. The molecular weight excluding hydrogens is 447 g/mol. The summed E-state index contributed by atoms with van der Waals surface area (Å²) in [5.74, 6) is -1.18. The fourth-order valence-corrected chi connectivity index (χ4v) is 3.99. The van der Waals surface area contributed by atoms with Gasteiger partial charge in [0, 0.05) is 10.7 Å². The van der Waals surface area contributed by atoms with Crippen LogP contribution in [0.25, 0.3) is 0 Å². The maximum Gasteiger partial charge on any atom is 0.264 e. The van der Waals surface area contributed by atoms with Gasteiger partial charge in [0.1, 0.15) is 0 Å². The van der Waals surface area contributed by atoms with Crippen LogP contribution >= 0.6 is 23.2 Å². The SMILES string of the molecule is O=C(Cc1ccc(Cl)cc1)NS(=O)(=O)c1cccc(NC(=O)c2ccccc2Cl)c1. The third kappa shape index (κ3) is 5.60. The minimum atomic E-state index is -4.12. The lowest BCUT2D eigenvalue weighted by Crippen LogP contribution is -2.31. The average Bonchev–Trinajstić information content (AvgIpc) is 2.70. The first kappa shape index (κ1) is 21.8. The molecule has 0 aliphatic rings. The summed E-state index contributed by atoms with van der Waals surface area (Å²) in [5.41, 5.74) is 1.12. The van der Waals surface area contributed by atoms with Crippen LogP contribution in [0.4, 0.5) is 5.69 Å². The van der Waals surface area contributed by atoms with E-state index in [0.717, 1.165) is 0 Å². The molecule has 2 amide bonds. The van der Waals surface area contributed by atoms with Gasteiger partial charge >= 0.3 is 0 Å². The molecule has 154 valence electrons. The molecule has 0 spiro atoms. The predicted molar refractivity (Wildman–Crippen MR) is 116 cm³/mol. The average molecular weight is 463 g/mol. The zero-order chi connectivity index (χ0) is 21.7. The third-order valence-corrected chi connectivity index (χ3v) is 6.00. The summed E-state index contributed by atoms with van der Waals surface area (Å²) in [5, 5.41) is 3.38. The van der Waals surface area contributed by atoms with Crippen LogP contribution in [0.15, 0.2) is 77.7 Å². The van der Waals surface area contributed by atoms with E-state index in [1.165, 1.54) is 24.3 Å². The molecule has 0 atom stereocenters. The minimum Gasteiger partial charge on any atom is -0.322 e. The lowest BCUT2D eigenvalue weighted by atomic mass is 10.1. The number of anilines is 1. The van der Waals surface area contributed by atoms with E-state index in [4.69, 9.17) is 23.2 Å². The van der Waals surface area contributed by atoms with E-state index in [2.05, 4.69) is 5.32 Å². The van der Waals surface area contributed by atoms with Gasteiger partial charge in [0.15, 0.2) is 0 Å². The molecule has 0 radical (unpaired) electrons. The highest BCUT2D eigenvalue weighted by Gasteiger charge is 2.19. The van der Waals surface area contributed by atoms with Crippen LogP contribution in [0.1, 0.15) is 15.9 Å². The summed E-state index contributed by atoms with van der Waals surface area (Å²) in [6, 6.07) is 18.6. The minimum absolute atomic E-state index is 0.126. The van der Waals surface area contributed by atoms with Gasteiger partial charge < -0.3 is 5.32 Å². The van der Waals surface area contributed by atoms with Gasteiger partial charge in [0.25, 0.3) is 15.9 Å². The molecular formula is C21H16Cl2N2O4S. The highest BCUT2D eigenvalue weighted by molar-refractivity contribution is 7.90. The second-order valence-corrected chi connectivity index (χ2v) is 8.82. The van der Waals surface area contributed by atoms with E-state index in [0.29, 0.717) is 10.6 Å². The van der Waals surface area contributed by atoms with Crippen molar-refractivity contribution in [2.24, 2.45) is 0 Å². The molecule has 0 aromatic heterocycles. The Kier molecular flexibility index (Phi) is 6.77. The van der Waals surface area contributed by atoms with Crippen LogP contribution < -0.4 is 10.0 Å². The Morgan fingerprint density at radius 2 is 1.57 bits per heavy atom. The van der Waals surface area contributed by atoms with Gasteiger partial charge in [0.2, 0.25) is 5.91 Å². The number of carbonyl (C=O) groups excluding carboxylic acids is 2. The number of hydrogen-bond acceptors (Lipinski definition) is 4. The van der Waals surface area contributed by atoms with Crippen molar-refractivity contribution < 1.29 is 18.0 Å². The van der Waals surface area contributed by atoms with E-state index in [-0.39, 0.29) is 27.6 Å². The molecule has 0 aliphatic carbocycles. The van der Waals surface area contributed by atoms with E-state index in [1.54, 1.807) is 48.5 Å². The highest BCUT2D eigenvalue weighted by Crippen LogP contribution is 2.20. The first-order valence-electron chi connectivity index (χ1n) is 8.70. The summed E-state index contributed by atoms with van der Waals surface area (Å²) in [6.07, 6.45) is -0.126. The quantitative estimate of drug-likeness (QED) is 0.571. The van der Waals surface area contributed by atoms with Crippen LogP contribution in [-0.2, 0) is 21.2 Å². The summed E-state index contributed by atoms with van der Waals surface area (Å²) in [7, 11) is -4.12. The van der Waals surface area contributed by atoms with E-state index in [9.17, 15) is 18.0 Å². The molecule has 0 unspecified atom stereocenters. The molecule has 6 nitrogen and oxygen atoms in total.